The summed E-state index contributed by atoms with van der Waals surface area (Å²) in [6, 6.07) is 18.3. The number of rotatable bonds is 6. The van der Waals surface area contributed by atoms with E-state index in [-0.39, 0.29) is 17.6 Å². The first-order valence-electron chi connectivity index (χ1n) is 8.67. The van der Waals surface area contributed by atoms with Crippen LogP contribution in [0, 0.1) is 5.41 Å². The summed E-state index contributed by atoms with van der Waals surface area (Å²) >= 11 is 0. The molecule has 0 aromatic heterocycles. The van der Waals surface area contributed by atoms with Crippen LogP contribution in [0.5, 0.6) is 5.75 Å². The van der Waals surface area contributed by atoms with Crippen LogP contribution in [0.1, 0.15) is 44.9 Å². The van der Waals surface area contributed by atoms with E-state index in [4.69, 9.17) is 14.5 Å². The molecule has 0 N–H and O–H groups in total. The van der Waals surface area contributed by atoms with Crippen LogP contribution < -0.4 is 4.74 Å². The number of hydrogen-bond acceptors (Lipinski definition) is 3. The average Bonchev–Trinajstić information content (AvgIpc) is 2.60. The van der Waals surface area contributed by atoms with Gasteiger partial charge in [0.05, 0.1) is 13.2 Å². The molecular weight excluding hydrogens is 310 g/mol. The lowest BCUT2D eigenvalue weighted by molar-refractivity contribution is 0.0858. The molecule has 0 saturated heterocycles. The van der Waals surface area contributed by atoms with Gasteiger partial charge in [-0.1, -0.05) is 63.2 Å². The van der Waals surface area contributed by atoms with Crippen molar-refractivity contribution in [3.05, 3.63) is 65.7 Å². The lowest BCUT2D eigenvalue weighted by Crippen LogP contribution is -2.26. The molecule has 0 saturated carbocycles. The summed E-state index contributed by atoms with van der Waals surface area (Å²) in [5.74, 6) is 0.841. The Balaban J connectivity index is 2.42. The molecule has 0 heterocycles. The van der Waals surface area contributed by atoms with Crippen molar-refractivity contribution in [3.63, 3.8) is 0 Å². The van der Waals surface area contributed by atoms with Gasteiger partial charge in [0.15, 0.2) is 0 Å². The lowest BCUT2D eigenvalue weighted by Gasteiger charge is -2.27. The molecule has 3 nitrogen and oxygen atoms in total. The second-order valence-electron chi connectivity index (χ2n) is 7.27. The first-order valence-corrected chi connectivity index (χ1v) is 8.67. The number of ether oxygens (including phenoxy) is 2. The highest BCUT2D eigenvalue weighted by Crippen LogP contribution is 2.28. The molecule has 3 heteroatoms. The van der Waals surface area contributed by atoms with Gasteiger partial charge in [-0.25, -0.2) is 0 Å². The van der Waals surface area contributed by atoms with E-state index in [2.05, 4.69) is 45.9 Å². The van der Waals surface area contributed by atoms with Crippen molar-refractivity contribution in [2.45, 2.75) is 39.8 Å². The molecule has 0 aliphatic heterocycles. The maximum Gasteiger partial charge on any atom is 0.119 e. The second-order valence-corrected chi connectivity index (χ2v) is 7.27. The van der Waals surface area contributed by atoms with Crippen molar-refractivity contribution in [1.29, 1.82) is 0 Å². The van der Waals surface area contributed by atoms with E-state index in [1.165, 1.54) is 0 Å². The molecule has 0 bridgehead atoms. The standard InChI is InChI=1S/C22H29NO2/c1-16(20(25-6)17-11-8-7-9-12-17)23-21(22(2,3)4)18-13-10-14-19(15-18)24-5/h7-16,20H,1-6H3/t16-,20-/m0/s1. The van der Waals surface area contributed by atoms with Crippen LogP contribution in [0.2, 0.25) is 0 Å². The Kier molecular flexibility index (Phi) is 6.38. The summed E-state index contributed by atoms with van der Waals surface area (Å²) in [5, 5.41) is 0. The van der Waals surface area contributed by atoms with Gasteiger partial charge in [-0.15, -0.1) is 0 Å². The summed E-state index contributed by atoms with van der Waals surface area (Å²) in [7, 11) is 3.43. The largest absolute Gasteiger partial charge is 0.497 e. The third-order valence-corrected chi connectivity index (χ3v) is 4.21. The molecular formula is C22H29NO2. The first-order chi connectivity index (χ1) is 11.9. The normalized spacial score (nSPS) is 14.9. The third-order valence-electron chi connectivity index (χ3n) is 4.21. The summed E-state index contributed by atoms with van der Waals surface area (Å²) in [5.41, 5.74) is 3.19. The zero-order valence-corrected chi connectivity index (χ0v) is 16.1. The number of nitrogens with zero attached hydrogens (tertiary/aromatic N) is 1. The van der Waals surface area contributed by atoms with Crippen LogP contribution in [-0.2, 0) is 4.74 Å². The van der Waals surface area contributed by atoms with Gasteiger partial charge in [0.1, 0.15) is 11.9 Å². The van der Waals surface area contributed by atoms with Crippen molar-refractivity contribution >= 4 is 5.71 Å². The summed E-state index contributed by atoms with van der Waals surface area (Å²) in [6.07, 6.45) is -0.0795. The molecule has 0 amide bonds. The Morgan fingerprint density at radius 3 is 2.20 bits per heavy atom. The molecule has 2 rings (SSSR count). The molecule has 0 aliphatic rings. The van der Waals surface area contributed by atoms with Gasteiger partial charge in [-0.3, -0.25) is 4.99 Å². The zero-order valence-electron chi connectivity index (χ0n) is 16.1. The first kappa shape index (κ1) is 19.2. The quantitative estimate of drug-likeness (QED) is 0.668. The summed E-state index contributed by atoms with van der Waals surface area (Å²) in [6.45, 7) is 8.65. The Morgan fingerprint density at radius 1 is 0.960 bits per heavy atom. The van der Waals surface area contributed by atoms with E-state index < -0.39 is 0 Å². The van der Waals surface area contributed by atoms with Gasteiger partial charge in [0.25, 0.3) is 0 Å². The van der Waals surface area contributed by atoms with E-state index in [1.54, 1.807) is 14.2 Å². The van der Waals surface area contributed by atoms with Crippen molar-refractivity contribution in [1.82, 2.24) is 0 Å². The minimum Gasteiger partial charge on any atom is -0.497 e. The Hall–Kier alpha value is -2.13. The van der Waals surface area contributed by atoms with Crippen LogP contribution in [0.3, 0.4) is 0 Å². The number of aliphatic imine (C=N–C) groups is 1. The fourth-order valence-electron chi connectivity index (χ4n) is 3.00. The lowest BCUT2D eigenvalue weighted by atomic mass is 9.85. The minimum absolute atomic E-state index is 0.00664. The second kappa shape index (κ2) is 8.30. The zero-order chi connectivity index (χ0) is 18.4. The molecule has 0 fully saturated rings. The molecule has 2 aromatic rings. The van der Waals surface area contributed by atoms with Gasteiger partial charge in [0, 0.05) is 18.2 Å². The highest BCUT2D eigenvalue weighted by atomic mass is 16.5. The van der Waals surface area contributed by atoms with Crippen LogP contribution in [0.15, 0.2) is 59.6 Å². The van der Waals surface area contributed by atoms with Crippen molar-refractivity contribution in [2.24, 2.45) is 10.4 Å². The van der Waals surface area contributed by atoms with E-state index in [9.17, 15) is 0 Å². The molecule has 2 atom stereocenters. The third kappa shape index (κ3) is 4.93. The molecule has 2 aromatic carbocycles. The van der Waals surface area contributed by atoms with Crippen molar-refractivity contribution in [3.8, 4) is 5.75 Å². The Labute approximate surface area is 151 Å². The fraction of sp³-hybridized carbons (Fsp3) is 0.409. The van der Waals surface area contributed by atoms with Gasteiger partial charge < -0.3 is 9.47 Å². The highest BCUT2D eigenvalue weighted by molar-refractivity contribution is 6.04. The number of methoxy groups -OCH3 is 2. The van der Waals surface area contributed by atoms with E-state index >= 15 is 0 Å². The average molecular weight is 339 g/mol. The van der Waals surface area contributed by atoms with Crippen LogP contribution in [0.4, 0.5) is 0 Å². The summed E-state index contributed by atoms with van der Waals surface area (Å²) < 4.78 is 11.1. The van der Waals surface area contributed by atoms with Gasteiger partial charge in [-0.05, 0) is 30.2 Å². The van der Waals surface area contributed by atoms with Gasteiger partial charge in [0.2, 0.25) is 0 Å². The number of benzene rings is 2. The molecule has 25 heavy (non-hydrogen) atoms. The van der Waals surface area contributed by atoms with E-state index in [0.29, 0.717) is 0 Å². The highest BCUT2D eigenvalue weighted by Gasteiger charge is 2.25. The molecule has 0 unspecified atom stereocenters. The topological polar surface area (TPSA) is 30.8 Å². The maximum atomic E-state index is 5.76. The van der Waals surface area contributed by atoms with Gasteiger partial charge >= 0.3 is 0 Å². The Bertz CT molecular complexity index is 701. The van der Waals surface area contributed by atoms with Crippen LogP contribution >= 0.6 is 0 Å². The smallest absolute Gasteiger partial charge is 0.119 e. The SMILES string of the molecule is COc1cccc(C(=N[C@@H](C)[C@H](OC)c2ccccc2)C(C)(C)C)c1. The van der Waals surface area contributed by atoms with Crippen LogP contribution in [-0.4, -0.2) is 26.0 Å². The van der Waals surface area contributed by atoms with E-state index in [1.807, 2.05) is 36.4 Å². The monoisotopic (exact) mass is 339 g/mol. The predicted molar refractivity (Wildman–Crippen MR) is 105 cm³/mol. The molecule has 0 spiro atoms. The number of hydrogen-bond donors (Lipinski definition) is 0. The van der Waals surface area contributed by atoms with E-state index in [0.717, 1.165) is 22.6 Å². The fourth-order valence-corrected chi connectivity index (χ4v) is 3.00. The van der Waals surface area contributed by atoms with Crippen LogP contribution in [0.25, 0.3) is 0 Å². The van der Waals surface area contributed by atoms with Crippen molar-refractivity contribution < 1.29 is 9.47 Å². The molecule has 0 radical (unpaired) electrons. The Morgan fingerprint density at radius 2 is 1.64 bits per heavy atom. The predicted octanol–water partition coefficient (Wildman–Crippen LogP) is 5.31. The molecule has 134 valence electrons. The maximum absolute atomic E-state index is 5.76. The van der Waals surface area contributed by atoms with Crippen molar-refractivity contribution in [2.75, 3.05) is 14.2 Å². The van der Waals surface area contributed by atoms with Gasteiger partial charge in [-0.2, -0.15) is 0 Å². The summed E-state index contributed by atoms with van der Waals surface area (Å²) in [4.78, 5) is 5.08. The molecule has 0 aliphatic carbocycles. The minimum atomic E-state index is -0.0877.